The Balaban J connectivity index is 0.000000228. The zero-order valence-electron chi connectivity index (χ0n) is 14.9. The Morgan fingerprint density at radius 2 is 1.65 bits per heavy atom. The van der Waals surface area contributed by atoms with E-state index in [0.717, 1.165) is 11.3 Å². The van der Waals surface area contributed by atoms with E-state index in [1.54, 1.807) is 12.1 Å². The van der Waals surface area contributed by atoms with Gasteiger partial charge in [-0.25, -0.2) is 0 Å². The van der Waals surface area contributed by atoms with Crippen LogP contribution in [-0.4, -0.2) is 5.91 Å². The van der Waals surface area contributed by atoms with Gasteiger partial charge in [-0.15, -0.1) is 0 Å². The number of hydrogen-bond donors (Lipinski definition) is 1. The first-order valence-corrected chi connectivity index (χ1v) is 9.43. The number of rotatable bonds is 5. The number of hydrogen-bond acceptors (Lipinski definition) is 3. The highest BCUT2D eigenvalue weighted by Crippen LogP contribution is 2.26. The van der Waals surface area contributed by atoms with Gasteiger partial charge in [-0.2, -0.15) is 4.91 Å². The summed E-state index contributed by atoms with van der Waals surface area (Å²) in [5.74, 6) is 0.704. The molecular formula is C21H25ClN2O2. The third-order valence-electron chi connectivity index (χ3n) is 4.42. The van der Waals surface area contributed by atoms with Crippen LogP contribution in [0.1, 0.15) is 44.1 Å². The smallest absolute Gasteiger partial charge is 0.224 e. The van der Waals surface area contributed by atoms with Gasteiger partial charge in [0.05, 0.1) is 0 Å². The van der Waals surface area contributed by atoms with Gasteiger partial charge in [0.2, 0.25) is 5.91 Å². The lowest BCUT2D eigenvalue weighted by Crippen LogP contribution is -2.18. The molecule has 3 rings (SSSR count). The molecule has 1 N–H and O–H groups in total. The van der Waals surface area contributed by atoms with Crippen molar-refractivity contribution >= 4 is 23.2 Å². The molecule has 0 spiro atoms. The Hall–Kier alpha value is -2.20. The topological polar surface area (TPSA) is 58.5 Å². The molecule has 0 aromatic heterocycles. The van der Waals surface area contributed by atoms with Gasteiger partial charge in [0.1, 0.15) is 6.54 Å². The quantitative estimate of drug-likeness (QED) is 0.635. The average Bonchev–Trinajstić information content (AvgIpc) is 2.66. The molecule has 0 unspecified atom stereocenters. The monoisotopic (exact) mass is 372 g/mol. The number of carbonyl (C=O) groups is 1. The molecule has 0 saturated heterocycles. The lowest BCUT2D eigenvalue weighted by Gasteiger charge is -2.20. The van der Waals surface area contributed by atoms with Crippen LogP contribution in [0.4, 0.5) is 5.69 Å². The van der Waals surface area contributed by atoms with Gasteiger partial charge in [-0.1, -0.05) is 66.4 Å². The molecule has 5 heteroatoms. The fourth-order valence-corrected chi connectivity index (χ4v) is 3.18. The van der Waals surface area contributed by atoms with Gasteiger partial charge in [-0.05, 0) is 48.6 Å². The highest BCUT2D eigenvalue weighted by atomic mass is 35.5. The van der Waals surface area contributed by atoms with Crippen molar-refractivity contribution in [3.63, 3.8) is 0 Å². The number of benzene rings is 2. The SMILES string of the molecule is O=C(CC1CCCCC1)Nc1ccc(Cl)cc1.O=NCc1ccccc1. The minimum Gasteiger partial charge on any atom is -0.326 e. The van der Waals surface area contributed by atoms with Crippen molar-refractivity contribution in [2.24, 2.45) is 11.1 Å². The molecule has 0 aliphatic heterocycles. The maximum absolute atomic E-state index is 11.8. The van der Waals surface area contributed by atoms with Crippen LogP contribution in [0.15, 0.2) is 59.8 Å². The molecule has 26 heavy (non-hydrogen) atoms. The van der Waals surface area contributed by atoms with Crippen molar-refractivity contribution in [3.05, 3.63) is 70.1 Å². The summed E-state index contributed by atoms with van der Waals surface area (Å²) in [4.78, 5) is 21.5. The van der Waals surface area contributed by atoms with Crippen LogP contribution >= 0.6 is 11.6 Å². The Labute approximate surface area is 159 Å². The maximum Gasteiger partial charge on any atom is 0.224 e. The van der Waals surface area contributed by atoms with Gasteiger partial charge >= 0.3 is 0 Å². The summed E-state index contributed by atoms with van der Waals surface area (Å²) >= 11 is 5.79. The fraction of sp³-hybridized carbons (Fsp3) is 0.381. The zero-order valence-corrected chi connectivity index (χ0v) is 15.6. The predicted octanol–water partition coefficient (Wildman–Crippen LogP) is 6.20. The zero-order chi connectivity index (χ0) is 18.6. The highest BCUT2D eigenvalue weighted by molar-refractivity contribution is 6.30. The van der Waals surface area contributed by atoms with Crippen molar-refractivity contribution in [1.82, 2.24) is 0 Å². The number of nitrogens with zero attached hydrogens (tertiary/aromatic N) is 1. The first kappa shape index (κ1) is 20.1. The number of carbonyl (C=O) groups excluding carboxylic acids is 1. The Kier molecular flexibility index (Phi) is 8.84. The second-order valence-corrected chi connectivity index (χ2v) is 6.97. The third-order valence-corrected chi connectivity index (χ3v) is 4.67. The summed E-state index contributed by atoms with van der Waals surface area (Å²) in [5.41, 5.74) is 1.79. The molecule has 1 aliphatic carbocycles. The molecule has 4 nitrogen and oxygen atoms in total. The highest BCUT2D eigenvalue weighted by Gasteiger charge is 2.16. The Bertz CT molecular complexity index is 668. The molecule has 1 amide bonds. The van der Waals surface area contributed by atoms with E-state index in [1.807, 2.05) is 42.5 Å². The molecule has 0 bridgehead atoms. The van der Waals surface area contributed by atoms with Crippen molar-refractivity contribution < 1.29 is 4.79 Å². The van der Waals surface area contributed by atoms with Crippen LogP contribution in [0.2, 0.25) is 5.02 Å². The molecule has 138 valence electrons. The van der Waals surface area contributed by atoms with Crippen LogP contribution < -0.4 is 5.32 Å². The first-order valence-electron chi connectivity index (χ1n) is 9.06. The minimum absolute atomic E-state index is 0.124. The normalized spacial score (nSPS) is 14.0. The summed E-state index contributed by atoms with van der Waals surface area (Å²) in [7, 11) is 0. The molecule has 1 aliphatic rings. The maximum atomic E-state index is 11.8. The molecule has 2 aromatic rings. The van der Waals surface area contributed by atoms with Gasteiger partial charge in [0, 0.05) is 17.1 Å². The second kappa shape index (κ2) is 11.4. The van der Waals surface area contributed by atoms with E-state index in [4.69, 9.17) is 11.6 Å². The molecule has 2 aromatic carbocycles. The Morgan fingerprint density at radius 1 is 1.00 bits per heavy atom. The molecule has 0 heterocycles. The van der Waals surface area contributed by atoms with Crippen LogP contribution in [0, 0.1) is 10.8 Å². The number of nitrogens with one attached hydrogen (secondary N) is 1. The largest absolute Gasteiger partial charge is 0.326 e. The van der Waals surface area contributed by atoms with E-state index in [2.05, 4.69) is 10.5 Å². The number of anilines is 1. The fourth-order valence-electron chi connectivity index (χ4n) is 3.06. The van der Waals surface area contributed by atoms with E-state index in [1.165, 1.54) is 32.1 Å². The first-order chi connectivity index (χ1) is 12.7. The summed E-state index contributed by atoms with van der Waals surface area (Å²) in [6, 6.07) is 16.7. The van der Waals surface area contributed by atoms with Gasteiger partial charge in [-0.3, -0.25) is 4.79 Å². The summed E-state index contributed by atoms with van der Waals surface area (Å²) < 4.78 is 0. The molecule has 0 atom stereocenters. The summed E-state index contributed by atoms with van der Waals surface area (Å²) in [5, 5.41) is 6.36. The number of amides is 1. The van der Waals surface area contributed by atoms with Crippen LogP contribution in [0.25, 0.3) is 0 Å². The van der Waals surface area contributed by atoms with Gasteiger partial charge in [0.25, 0.3) is 0 Å². The molecular weight excluding hydrogens is 348 g/mol. The number of nitroso groups, excluding NO2 is 1. The molecule has 1 saturated carbocycles. The molecule has 0 radical (unpaired) electrons. The lowest BCUT2D eigenvalue weighted by atomic mass is 9.87. The standard InChI is InChI=1S/C14H18ClNO.C7H7NO/c15-12-6-8-13(9-7-12)16-14(17)10-11-4-2-1-3-5-11;9-8-6-7-4-2-1-3-5-7/h6-9,11H,1-5,10H2,(H,16,17);1-5H,6H2. The van der Waals surface area contributed by atoms with E-state index in [-0.39, 0.29) is 12.5 Å². The van der Waals surface area contributed by atoms with Crippen LogP contribution in [0.3, 0.4) is 0 Å². The van der Waals surface area contributed by atoms with Gasteiger partial charge in [0.15, 0.2) is 0 Å². The van der Waals surface area contributed by atoms with E-state index in [9.17, 15) is 9.70 Å². The predicted molar refractivity (Wildman–Crippen MR) is 107 cm³/mol. The van der Waals surface area contributed by atoms with Crippen LogP contribution in [0.5, 0.6) is 0 Å². The van der Waals surface area contributed by atoms with Crippen molar-refractivity contribution in [2.75, 3.05) is 5.32 Å². The average molecular weight is 373 g/mol. The Morgan fingerprint density at radius 3 is 2.27 bits per heavy atom. The van der Waals surface area contributed by atoms with Gasteiger partial charge < -0.3 is 5.32 Å². The summed E-state index contributed by atoms with van der Waals surface area (Å²) in [6.45, 7) is 0.279. The number of halogens is 1. The molecule has 1 fully saturated rings. The van der Waals surface area contributed by atoms with E-state index in [0.29, 0.717) is 17.4 Å². The van der Waals surface area contributed by atoms with E-state index >= 15 is 0 Å². The van der Waals surface area contributed by atoms with Crippen molar-refractivity contribution in [2.45, 2.75) is 45.1 Å². The second-order valence-electron chi connectivity index (χ2n) is 6.54. The van der Waals surface area contributed by atoms with Crippen molar-refractivity contribution in [3.8, 4) is 0 Å². The van der Waals surface area contributed by atoms with Crippen molar-refractivity contribution in [1.29, 1.82) is 0 Å². The summed E-state index contributed by atoms with van der Waals surface area (Å²) in [6.07, 6.45) is 6.94. The third kappa shape index (κ3) is 7.79. The lowest BCUT2D eigenvalue weighted by molar-refractivity contribution is -0.117. The minimum atomic E-state index is 0.124. The van der Waals surface area contributed by atoms with E-state index < -0.39 is 0 Å². The van der Waals surface area contributed by atoms with Crippen LogP contribution in [-0.2, 0) is 11.3 Å².